The van der Waals surface area contributed by atoms with Gasteiger partial charge in [-0.25, -0.2) is 0 Å². The number of aliphatic imine (C=N–C) groups is 1. The van der Waals surface area contributed by atoms with Gasteiger partial charge in [0.15, 0.2) is 5.96 Å². The molecule has 2 saturated heterocycles. The first-order valence-corrected chi connectivity index (χ1v) is 12.3. The number of guanidine groups is 1. The summed E-state index contributed by atoms with van der Waals surface area (Å²) in [5.41, 5.74) is 4.14. The van der Waals surface area contributed by atoms with Gasteiger partial charge in [0.1, 0.15) is 0 Å². The van der Waals surface area contributed by atoms with Gasteiger partial charge in [-0.1, -0.05) is 54.6 Å². The lowest BCUT2D eigenvalue weighted by molar-refractivity contribution is 0.328. The molecule has 0 radical (unpaired) electrons. The highest BCUT2D eigenvalue weighted by molar-refractivity contribution is 5.79. The van der Waals surface area contributed by atoms with Crippen molar-refractivity contribution in [2.75, 3.05) is 46.3 Å². The number of likely N-dealkylation sites (tertiary alicyclic amines) is 2. The van der Waals surface area contributed by atoms with Gasteiger partial charge in [-0.2, -0.15) is 0 Å². The molecule has 2 aliphatic rings. The Kier molecular flexibility index (Phi) is 8.57. The summed E-state index contributed by atoms with van der Waals surface area (Å²) in [6.45, 7) is 8.90. The van der Waals surface area contributed by atoms with Crippen LogP contribution < -0.4 is 10.6 Å². The van der Waals surface area contributed by atoms with E-state index in [-0.39, 0.29) is 0 Å². The normalized spacial score (nSPS) is 20.0. The largest absolute Gasteiger partial charge is 0.356 e. The van der Waals surface area contributed by atoms with Crippen molar-refractivity contribution in [3.63, 3.8) is 0 Å². The lowest BCUT2D eigenvalue weighted by Crippen LogP contribution is -2.40. The Morgan fingerprint density at radius 2 is 1.62 bits per heavy atom. The van der Waals surface area contributed by atoms with Gasteiger partial charge in [-0.05, 0) is 67.9 Å². The first-order valence-electron chi connectivity index (χ1n) is 12.3. The number of nitrogens with one attached hydrogen (secondary N) is 2. The molecule has 2 aromatic carbocycles. The summed E-state index contributed by atoms with van der Waals surface area (Å²) in [5.74, 6) is 1.59. The van der Waals surface area contributed by atoms with E-state index in [4.69, 9.17) is 0 Å². The van der Waals surface area contributed by atoms with Crippen molar-refractivity contribution < 1.29 is 0 Å². The summed E-state index contributed by atoms with van der Waals surface area (Å²) in [7, 11) is 1.86. The molecule has 2 aromatic rings. The highest BCUT2D eigenvalue weighted by atomic mass is 15.2. The van der Waals surface area contributed by atoms with Gasteiger partial charge >= 0.3 is 0 Å². The van der Waals surface area contributed by atoms with Gasteiger partial charge in [-0.15, -0.1) is 0 Å². The zero-order valence-corrected chi connectivity index (χ0v) is 19.6. The van der Waals surface area contributed by atoms with Crippen molar-refractivity contribution in [1.29, 1.82) is 0 Å². The Labute approximate surface area is 193 Å². The van der Waals surface area contributed by atoms with Crippen molar-refractivity contribution >= 4 is 5.96 Å². The Balaban J connectivity index is 1.14. The van der Waals surface area contributed by atoms with E-state index in [1.165, 1.54) is 62.1 Å². The Morgan fingerprint density at radius 1 is 0.875 bits per heavy atom. The van der Waals surface area contributed by atoms with Crippen molar-refractivity contribution in [1.82, 2.24) is 20.4 Å². The third-order valence-corrected chi connectivity index (χ3v) is 6.80. The van der Waals surface area contributed by atoms with Crippen molar-refractivity contribution in [2.24, 2.45) is 10.9 Å². The lowest BCUT2D eigenvalue weighted by Gasteiger charge is -2.18. The molecule has 2 heterocycles. The van der Waals surface area contributed by atoms with E-state index < -0.39 is 0 Å². The van der Waals surface area contributed by atoms with Crippen LogP contribution in [-0.4, -0.2) is 62.1 Å². The average Bonchev–Trinajstić information content (AvgIpc) is 3.52. The van der Waals surface area contributed by atoms with Crippen molar-refractivity contribution in [3.8, 4) is 0 Å². The molecule has 0 aromatic heterocycles. The zero-order valence-electron chi connectivity index (χ0n) is 19.6. The standard InChI is InChI=1S/C27H39N5/c1-28-27(29-19-24-9-11-25(12-10-24)21-31-15-5-6-16-31)30-20-26-14-18-32(22-26)17-13-23-7-3-2-4-8-23/h2-4,7-12,26H,5-6,13-22H2,1H3,(H2,28,29,30). The summed E-state index contributed by atoms with van der Waals surface area (Å²) < 4.78 is 0. The van der Waals surface area contributed by atoms with E-state index >= 15 is 0 Å². The van der Waals surface area contributed by atoms with Crippen LogP contribution in [0.25, 0.3) is 0 Å². The summed E-state index contributed by atoms with van der Waals surface area (Å²) >= 11 is 0. The monoisotopic (exact) mass is 433 g/mol. The van der Waals surface area contributed by atoms with Gasteiger partial charge in [0.25, 0.3) is 0 Å². The molecule has 1 atom stereocenters. The number of benzene rings is 2. The first kappa shape index (κ1) is 22.8. The van der Waals surface area contributed by atoms with Gasteiger partial charge < -0.3 is 15.5 Å². The highest BCUT2D eigenvalue weighted by Gasteiger charge is 2.22. The zero-order chi connectivity index (χ0) is 22.0. The Morgan fingerprint density at radius 3 is 2.38 bits per heavy atom. The minimum Gasteiger partial charge on any atom is -0.356 e. The fourth-order valence-electron chi connectivity index (χ4n) is 4.82. The number of hydrogen-bond donors (Lipinski definition) is 2. The maximum absolute atomic E-state index is 4.42. The van der Waals surface area contributed by atoms with Crippen LogP contribution >= 0.6 is 0 Å². The molecule has 2 N–H and O–H groups in total. The average molecular weight is 434 g/mol. The Hall–Kier alpha value is -2.37. The highest BCUT2D eigenvalue weighted by Crippen LogP contribution is 2.16. The van der Waals surface area contributed by atoms with Crippen LogP contribution in [0.3, 0.4) is 0 Å². The van der Waals surface area contributed by atoms with E-state index in [1.807, 2.05) is 7.05 Å². The molecule has 4 rings (SSSR count). The topological polar surface area (TPSA) is 42.9 Å². The van der Waals surface area contributed by atoms with E-state index in [0.29, 0.717) is 5.92 Å². The predicted molar refractivity (Wildman–Crippen MR) is 134 cm³/mol. The van der Waals surface area contributed by atoms with Gasteiger partial charge in [0.05, 0.1) is 0 Å². The van der Waals surface area contributed by atoms with Gasteiger partial charge in [0.2, 0.25) is 0 Å². The SMILES string of the molecule is CN=C(NCc1ccc(CN2CCCC2)cc1)NCC1CCN(CCc2ccccc2)C1. The summed E-state index contributed by atoms with van der Waals surface area (Å²) in [6, 6.07) is 19.8. The third kappa shape index (κ3) is 7.07. The first-order chi connectivity index (χ1) is 15.8. The van der Waals surface area contributed by atoms with Crippen LogP contribution in [-0.2, 0) is 19.5 Å². The molecule has 2 fully saturated rings. The predicted octanol–water partition coefficient (Wildman–Crippen LogP) is 3.51. The second-order valence-corrected chi connectivity index (χ2v) is 9.30. The van der Waals surface area contributed by atoms with Crippen LogP contribution in [0, 0.1) is 5.92 Å². The van der Waals surface area contributed by atoms with E-state index in [1.54, 1.807) is 0 Å². The molecule has 0 amide bonds. The number of hydrogen-bond acceptors (Lipinski definition) is 3. The molecule has 2 aliphatic heterocycles. The second-order valence-electron chi connectivity index (χ2n) is 9.30. The van der Waals surface area contributed by atoms with E-state index in [0.717, 1.165) is 38.6 Å². The number of rotatable bonds is 9. The van der Waals surface area contributed by atoms with E-state index in [9.17, 15) is 0 Å². The molecule has 0 saturated carbocycles. The fourth-order valence-corrected chi connectivity index (χ4v) is 4.82. The van der Waals surface area contributed by atoms with E-state index in [2.05, 4.69) is 80.0 Å². The maximum Gasteiger partial charge on any atom is 0.191 e. The summed E-state index contributed by atoms with van der Waals surface area (Å²) in [4.78, 5) is 9.56. The molecule has 0 aliphatic carbocycles. The summed E-state index contributed by atoms with van der Waals surface area (Å²) in [5, 5.41) is 7.02. The molecule has 0 spiro atoms. The minimum atomic E-state index is 0.689. The maximum atomic E-state index is 4.42. The quantitative estimate of drug-likeness (QED) is 0.469. The van der Waals surface area contributed by atoms with Crippen molar-refractivity contribution in [2.45, 2.75) is 38.8 Å². The van der Waals surface area contributed by atoms with Gasteiger partial charge in [0, 0.05) is 39.8 Å². The molecular weight excluding hydrogens is 394 g/mol. The molecule has 0 bridgehead atoms. The van der Waals surface area contributed by atoms with Crippen LogP contribution in [0.15, 0.2) is 59.6 Å². The fraction of sp³-hybridized carbons (Fsp3) is 0.519. The van der Waals surface area contributed by atoms with Gasteiger partial charge in [-0.3, -0.25) is 9.89 Å². The van der Waals surface area contributed by atoms with Crippen LogP contribution in [0.2, 0.25) is 0 Å². The second kappa shape index (κ2) is 12.0. The van der Waals surface area contributed by atoms with Crippen LogP contribution in [0.5, 0.6) is 0 Å². The molecule has 5 heteroatoms. The molecule has 5 nitrogen and oxygen atoms in total. The van der Waals surface area contributed by atoms with Crippen molar-refractivity contribution in [3.05, 3.63) is 71.3 Å². The third-order valence-electron chi connectivity index (χ3n) is 6.80. The molecular formula is C27H39N5. The Bertz CT molecular complexity index is 827. The lowest BCUT2D eigenvalue weighted by atomic mass is 10.1. The van der Waals surface area contributed by atoms with Crippen LogP contribution in [0.1, 0.15) is 36.0 Å². The molecule has 32 heavy (non-hydrogen) atoms. The smallest absolute Gasteiger partial charge is 0.191 e. The summed E-state index contributed by atoms with van der Waals surface area (Å²) in [6.07, 6.45) is 5.10. The molecule has 1 unspecified atom stereocenters. The van der Waals surface area contributed by atoms with Crippen LogP contribution in [0.4, 0.5) is 0 Å². The minimum absolute atomic E-state index is 0.689. The number of nitrogens with zero attached hydrogens (tertiary/aromatic N) is 3. The molecule has 172 valence electrons.